The molecule has 0 aromatic rings. The van der Waals surface area contributed by atoms with Crippen molar-refractivity contribution in [2.75, 3.05) is 0 Å². The first-order valence-electron chi connectivity index (χ1n) is 10.0. The number of ether oxygens (including phenoxy) is 1. The predicted molar refractivity (Wildman–Crippen MR) is 90.9 cm³/mol. The minimum Gasteiger partial charge on any atom is -0.462 e. The van der Waals surface area contributed by atoms with Gasteiger partial charge in [-0.15, -0.1) is 0 Å². The molecule has 3 aliphatic carbocycles. The maximum atomic E-state index is 12.4. The van der Waals surface area contributed by atoms with E-state index in [0.29, 0.717) is 0 Å². The fourth-order valence-corrected chi connectivity index (χ4v) is 5.01. The molecule has 0 spiro atoms. The molecule has 3 saturated carbocycles. The molecule has 0 amide bonds. The monoisotopic (exact) mass is 322 g/mol. The van der Waals surface area contributed by atoms with E-state index in [1.807, 2.05) is 0 Å². The first-order chi connectivity index (χ1) is 11.1. The molecule has 3 rings (SSSR count). The number of aliphatic hydroxyl groups is 1. The van der Waals surface area contributed by atoms with Crippen LogP contribution in [0.5, 0.6) is 0 Å². The molecule has 0 saturated heterocycles. The fraction of sp³-hybridized carbons (Fsp3) is 0.950. The normalized spacial score (nSPS) is 42.2. The van der Waals surface area contributed by atoms with Gasteiger partial charge < -0.3 is 9.84 Å². The minimum atomic E-state index is -0.182. The van der Waals surface area contributed by atoms with E-state index in [1.165, 1.54) is 38.5 Å². The zero-order valence-corrected chi connectivity index (χ0v) is 14.7. The van der Waals surface area contributed by atoms with Crippen molar-refractivity contribution in [1.82, 2.24) is 0 Å². The van der Waals surface area contributed by atoms with Crippen molar-refractivity contribution in [3.8, 4) is 0 Å². The smallest absolute Gasteiger partial charge is 0.309 e. The van der Waals surface area contributed by atoms with Crippen LogP contribution in [-0.4, -0.2) is 23.3 Å². The van der Waals surface area contributed by atoms with Crippen molar-refractivity contribution in [3.05, 3.63) is 0 Å². The third-order valence-electron chi connectivity index (χ3n) is 6.76. The Labute approximate surface area is 141 Å². The summed E-state index contributed by atoms with van der Waals surface area (Å²) in [4.78, 5) is 12.4. The summed E-state index contributed by atoms with van der Waals surface area (Å²) >= 11 is 0. The summed E-state index contributed by atoms with van der Waals surface area (Å²) in [6, 6.07) is 0. The topological polar surface area (TPSA) is 46.5 Å². The number of esters is 1. The Bertz CT molecular complexity index is 370. The third-order valence-corrected chi connectivity index (χ3v) is 6.76. The summed E-state index contributed by atoms with van der Waals surface area (Å²) in [5.74, 6) is 2.88. The second kappa shape index (κ2) is 8.00. The lowest BCUT2D eigenvalue weighted by atomic mass is 9.69. The van der Waals surface area contributed by atoms with Crippen molar-refractivity contribution in [2.24, 2.45) is 23.7 Å². The van der Waals surface area contributed by atoms with Crippen LogP contribution in [-0.2, 0) is 9.53 Å². The zero-order valence-electron chi connectivity index (χ0n) is 14.7. The highest BCUT2D eigenvalue weighted by Crippen LogP contribution is 2.41. The molecule has 23 heavy (non-hydrogen) atoms. The molecule has 132 valence electrons. The predicted octanol–water partition coefficient (Wildman–Crippen LogP) is 4.47. The van der Waals surface area contributed by atoms with Gasteiger partial charge in [0.15, 0.2) is 0 Å². The number of carbonyl (C=O) groups excluding carboxylic acids is 1. The molecule has 0 atom stereocenters. The average molecular weight is 322 g/mol. The minimum absolute atomic E-state index is 0.0436. The van der Waals surface area contributed by atoms with Gasteiger partial charge in [-0.3, -0.25) is 4.79 Å². The van der Waals surface area contributed by atoms with E-state index in [1.54, 1.807) is 0 Å². The van der Waals surface area contributed by atoms with E-state index >= 15 is 0 Å². The standard InChI is InChI=1S/C20H34O3/c1-14-2-4-15(5-3-14)16-6-8-17(9-7-16)20(22)23-19-12-10-18(21)11-13-19/h14-19,21H,2-13H2,1H3. The van der Waals surface area contributed by atoms with E-state index in [-0.39, 0.29) is 24.1 Å². The SMILES string of the molecule is CC1CCC(C2CCC(C(=O)OC3CCC(O)CC3)CC2)CC1. The molecule has 0 aromatic heterocycles. The Morgan fingerprint density at radius 3 is 1.87 bits per heavy atom. The highest BCUT2D eigenvalue weighted by Gasteiger charge is 2.34. The van der Waals surface area contributed by atoms with Gasteiger partial charge in [0.1, 0.15) is 6.10 Å². The summed E-state index contributed by atoms with van der Waals surface area (Å²) in [6.45, 7) is 2.38. The van der Waals surface area contributed by atoms with Gasteiger partial charge in [-0.2, -0.15) is 0 Å². The van der Waals surface area contributed by atoms with E-state index < -0.39 is 0 Å². The molecule has 0 bridgehead atoms. The van der Waals surface area contributed by atoms with Crippen LogP contribution in [0.1, 0.15) is 84.0 Å². The van der Waals surface area contributed by atoms with Crippen molar-refractivity contribution in [1.29, 1.82) is 0 Å². The zero-order chi connectivity index (χ0) is 16.2. The lowest BCUT2D eigenvalue weighted by Crippen LogP contribution is -2.32. The highest BCUT2D eigenvalue weighted by molar-refractivity contribution is 5.72. The molecule has 0 aliphatic heterocycles. The van der Waals surface area contributed by atoms with Crippen molar-refractivity contribution in [2.45, 2.75) is 96.2 Å². The second-order valence-corrected chi connectivity index (χ2v) is 8.50. The largest absolute Gasteiger partial charge is 0.462 e. The Hall–Kier alpha value is -0.570. The Balaban J connectivity index is 1.39. The van der Waals surface area contributed by atoms with Gasteiger partial charge in [-0.05, 0) is 82.0 Å². The molecule has 1 N–H and O–H groups in total. The van der Waals surface area contributed by atoms with Crippen molar-refractivity contribution in [3.63, 3.8) is 0 Å². The fourth-order valence-electron chi connectivity index (χ4n) is 5.01. The van der Waals surface area contributed by atoms with Crippen LogP contribution >= 0.6 is 0 Å². The van der Waals surface area contributed by atoms with Gasteiger partial charge in [0, 0.05) is 0 Å². The molecule has 0 radical (unpaired) electrons. The first-order valence-corrected chi connectivity index (χ1v) is 10.0. The molecule has 3 heteroatoms. The average Bonchev–Trinajstić information content (AvgIpc) is 2.58. The molecule has 3 nitrogen and oxygen atoms in total. The van der Waals surface area contributed by atoms with Gasteiger partial charge in [0.25, 0.3) is 0 Å². The summed E-state index contributed by atoms with van der Waals surface area (Å²) in [5, 5.41) is 9.54. The number of rotatable bonds is 3. The molecule has 3 fully saturated rings. The summed E-state index contributed by atoms with van der Waals surface area (Å²) in [7, 11) is 0. The van der Waals surface area contributed by atoms with Crippen LogP contribution in [0.15, 0.2) is 0 Å². The molecule has 3 aliphatic rings. The van der Waals surface area contributed by atoms with Gasteiger partial charge in [-0.1, -0.05) is 19.8 Å². The van der Waals surface area contributed by atoms with Gasteiger partial charge in [-0.25, -0.2) is 0 Å². The van der Waals surface area contributed by atoms with Crippen LogP contribution < -0.4 is 0 Å². The molecule has 0 unspecified atom stereocenters. The lowest BCUT2D eigenvalue weighted by molar-refractivity contribution is -0.158. The molecular weight excluding hydrogens is 288 g/mol. The first kappa shape index (κ1) is 17.3. The van der Waals surface area contributed by atoms with Crippen LogP contribution in [0.3, 0.4) is 0 Å². The number of hydrogen-bond donors (Lipinski definition) is 1. The summed E-state index contributed by atoms with van der Waals surface area (Å²) in [5.41, 5.74) is 0. The number of carbonyl (C=O) groups is 1. The Morgan fingerprint density at radius 1 is 0.783 bits per heavy atom. The van der Waals surface area contributed by atoms with Gasteiger partial charge in [0.2, 0.25) is 0 Å². The number of aliphatic hydroxyl groups excluding tert-OH is 1. The van der Waals surface area contributed by atoms with Crippen LogP contribution in [0.25, 0.3) is 0 Å². The summed E-state index contributed by atoms with van der Waals surface area (Å²) in [6.07, 6.45) is 13.2. The maximum Gasteiger partial charge on any atom is 0.309 e. The van der Waals surface area contributed by atoms with Crippen LogP contribution in [0.2, 0.25) is 0 Å². The van der Waals surface area contributed by atoms with E-state index in [0.717, 1.165) is 56.3 Å². The Morgan fingerprint density at radius 2 is 1.30 bits per heavy atom. The molecule has 0 aromatic carbocycles. The summed E-state index contributed by atoms with van der Waals surface area (Å²) < 4.78 is 5.72. The number of hydrogen-bond acceptors (Lipinski definition) is 3. The third kappa shape index (κ3) is 4.71. The van der Waals surface area contributed by atoms with E-state index in [9.17, 15) is 9.90 Å². The van der Waals surface area contributed by atoms with E-state index in [2.05, 4.69) is 6.92 Å². The Kier molecular flexibility index (Phi) is 6.01. The van der Waals surface area contributed by atoms with Crippen LogP contribution in [0, 0.1) is 23.7 Å². The highest BCUT2D eigenvalue weighted by atomic mass is 16.5. The van der Waals surface area contributed by atoms with Crippen LogP contribution in [0.4, 0.5) is 0 Å². The second-order valence-electron chi connectivity index (χ2n) is 8.50. The van der Waals surface area contributed by atoms with Gasteiger partial charge in [0.05, 0.1) is 12.0 Å². The van der Waals surface area contributed by atoms with Crippen molar-refractivity contribution >= 4 is 5.97 Å². The maximum absolute atomic E-state index is 12.4. The van der Waals surface area contributed by atoms with Gasteiger partial charge >= 0.3 is 5.97 Å². The lowest BCUT2D eigenvalue weighted by Gasteiger charge is -2.37. The quantitative estimate of drug-likeness (QED) is 0.780. The van der Waals surface area contributed by atoms with Crippen molar-refractivity contribution < 1.29 is 14.6 Å². The molecule has 0 heterocycles. The van der Waals surface area contributed by atoms with E-state index in [4.69, 9.17) is 4.74 Å². The molecular formula is C20H34O3.